The van der Waals surface area contributed by atoms with Gasteiger partial charge in [0.1, 0.15) is 0 Å². The minimum atomic E-state index is -0.0561. The molecule has 0 aliphatic rings. The van der Waals surface area contributed by atoms with Gasteiger partial charge in [-0.2, -0.15) is 5.26 Å². The van der Waals surface area contributed by atoms with Crippen LogP contribution in [0, 0.1) is 11.3 Å². The molecular weight excluding hydrogens is 388 g/mol. The van der Waals surface area contributed by atoms with E-state index >= 15 is 0 Å². The van der Waals surface area contributed by atoms with Crippen molar-refractivity contribution in [1.29, 1.82) is 5.26 Å². The summed E-state index contributed by atoms with van der Waals surface area (Å²) in [5.74, 6) is 0.682. The number of nitrogens with zero attached hydrogens (tertiary/aromatic N) is 3. The number of thioether (sulfide) groups is 1. The van der Waals surface area contributed by atoms with Gasteiger partial charge in [-0.05, 0) is 41.7 Å². The van der Waals surface area contributed by atoms with E-state index in [0.29, 0.717) is 23.5 Å². The lowest BCUT2D eigenvalue weighted by Crippen LogP contribution is -2.12. The molecule has 1 aromatic heterocycles. The van der Waals surface area contributed by atoms with E-state index in [1.165, 1.54) is 16.9 Å². The van der Waals surface area contributed by atoms with Crippen molar-refractivity contribution in [3.05, 3.63) is 70.8 Å². The number of nitrogens with one attached hydrogen (secondary N) is 1. The molecule has 0 aliphatic heterocycles. The van der Waals surface area contributed by atoms with Crippen molar-refractivity contribution in [3.8, 4) is 6.07 Å². The third-order valence-electron chi connectivity index (χ3n) is 4.17. The molecule has 3 aromatic rings. The summed E-state index contributed by atoms with van der Waals surface area (Å²) in [7, 11) is 0. The zero-order chi connectivity index (χ0) is 19.8. The number of rotatable bonds is 8. The number of carbonyl (C=O) groups excluding carboxylic acids is 1. The van der Waals surface area contributed by atoms with Crippen molar-refractivity contribution >= 4 is 34.1 Å². The van der Waals surface area contributed by atoms with Crippen LogP contribution in [-0.4, -0.2) is 16.1 Å². The molecule has 2 aromatic carbocycles. The minimum Gasteiger partial charge on any atom is -0.300 e. The summed E-state index contributed by atoms with van der Waals surface area (Å²) in [4.78, 5) is 12.2. The maximum atomic E-state index is 12.2. The van der Waals surface area contributed by atoms with Crippen molar-refractivity contribution in [2.45, 2.75) is 36.3 Å². The molecule has 0 fully saturated rings. The first-order chi connectivity index (χ1) is 13.7. The summed E-state index contributed by atoms with van der Waals surface area (Å²) in [5, 5.41) is 20.3. The van der Waals surface area contributed by atoms with Crippen LogP contribution >= 0.6 is 23.1 Å². The molecule has 0 saturated carbocycles. The van der Waals surface area contributed by atoms with Crippen molar-refractivity contribution in [1.82, 2.24) is 10.2 Å². The zero-order valence-corrected chi connectivity index (χ0v) is 17.1. The van der Waals surface area contributed by atoms with E-state index in [0.717, 1.165) is 27.6 Å². The summed E-state index contributed by atoms with van der Waals surface area (Å²) >= 11 is 2.93. The highest BCUT2D eigenvalue weighted by Crippen LogP contribution is 2.28. The standard InChI is InChI=1S/C21H20N4OS2/c1-2-15-3-5-16(6-4-15)11-12-19(26)23-20-24-25-21(28-20)27-14-18-9-7-17(13-22)8-10-18/h3-10H,2,11-12,14H2,1H3,(H,23,24,26). The molecule has 3 rings (SSSR count). The molecule has 0 unspecified atom stereocenters. The smallest absolute Gasteiger partial charge is 0.226 e. The number of anilines is 1. The van der Waals surface area contributed by atoms with Gasteiger partial charge in [-0.15, -0.1) is 10.2 Å². The predicted octanol–water partition coefficient (Wildman–Crippen LogP) is 4.84. The highest BCUT2D eigenvalue weighted by molar-refractivity contribution is 8.00. The highest BCUT2D eigenvalue weighted by Gasteiger charge is 2.09. The molecule has 0 bridgehead atoms. The molecule has 0 spiro atoms. The first-order valence-corrected chi connectivity index (χ1v) is 10.8. The lowest BCUT2D eigenvalue weighted by Gasteiger charge is -2.03. The van der Waals surface area contributed by atoms with Gasteiger partial charge in [0.2, 0.25) is 11.0 Å². The predicted molar refractivity (Wildman–Crippen MR) is 113 cm³/mol. The van der Waals surface area contributed by atoms with Gasteiger partial charge < -0.3 is 5.32 Å². The van der Waals surface area contributed by atoms with Crippen LogP contribution in [-0.2, 0) is 23.4 Å². The second kappa shape index (κ2) is 10.0. The van der Waals surface area contributed by atoms with Gasteiger partial charge in [0.15, 0.2) is 4.34 Å². The van der Waals surface area contributed by atoms with Crippen molar-refractivity contribution < 1.29 is 4.79 Å². The molecule has 142 valence electrons. The number of benzene rings is 2. The Kier molecular flexibility index (Phi) is 7.18. The second-order valence-corrected chi connectivity index (χ2v) is 8.39. The minimum absolute atomic E-state index is 0.0561. The van der Waals surface area contributed by atoms with Crippen LogP contribution in [0.5, 0.6) is 0 Å². The first kappa shape index (κ1) is 20.1. The number of carbonyl (C=O) groups is 1. The molecule has 1 N–H and O–H groups in total. The molecule has 7 heteroatoms. The number of aromatic nitrogens is 2. The Labute approximate surface area is 172 Å². The lowest BCUT2D eigenvalue weighted by molar-refractivity contribution is -0.116. The molecule has 1 heterocycles. The summed E-state index contributed by atoms with van der Waals surface area (Å²) in [5.41, 5.74) is 4.21. The van der Waals surface area contributed by atoms with Gasteiger partial charge >= 0.3 is 0 Å². The Morgan fingerprint density at radius 1 is 1.07 bits per heavy atom. The lowest BCUT2D eigenvalue weighted by atomic mass is 10.1. The Morgan fingerprint density at radius 2 is 1.75 bits per heavy atom. The van der Waals surface area contributed by atoms with Crippen LogP contribution in [0.25, 0.3) is 0 Å². The van der Waals surface area contributed by atoms with Crippen LogP contribution < -0.4 is 5.32 Å². The zero-order valence-electron chi connectivity index (χ0n) is 15.5. The van der Waals surface area contributed by atoms with E-state index in [1.807, 2.05) is 12.1 Å². The van der Waals surface area contributed by atoms with E-state index in [4.69, 9.17) is 5.26 Å². The Hall–Kier alpha value is -2.69. The van der Waals surface area contributed by atoms with Gasteiger partial charge in [-0.3, -0.25) is 4.79 Å². The van der Waals surface area contributed by atoms with Crippen LogP contribution in [0.2, 0.25) is 0 Å². The molecular formula is C21H20N4OS2. The van der Waals surface area contributed by atoms with Gasteiger partial charge in [0.05, 0.1) is 11.6 Å². The SMILES string of the molecule is CCc1ccc(CCC(=O)Nc2nnc(SCc3ccc(C#N)cc3)s2)cc1. The van der Waals surface area contributed by atoms with Crippen molar-refractivity contribution in [2.24, 2.45) is 0 Å². The van der Waals surface area contributed by atoms with Gasteiger partial charge in [-0.25, -0.2) is 0 Å². The highest BCUT2D eigenvalue weighted by atomic mass is 32.2. The Morgan fingerprint density at radius 3 is 2.43 bits per heavy atom. The molecule has 0 radical (unpaired) electrons. The quantitative estimate of drug-likeness (QED) is 0.426. The second-order valence-electron chi connectivity index (χ2n) is 6.19. The Balaban J connectivity index is 1.45. The number of amides is 1. The fourth-order valence-corrected chi connectivity index (χ4v) is 4.24. The maximum Gasteiger partial charge on any atom is 0.226 e. The Bertz CT molecular complexity index is 959. The third kappa shape index (κ3) is 5.91. The molecule has 0 saturated heterocycles. The van der Waals surface area contributed by atoms with Crippen LogP contribution in [0.4, 0.5) is 5.13 Å². The maximum absolute atomic E-state index is 12.2. The summed E-state index contributed by atoms with van der Waals surface area (Å²) in [6.45, 7) is 2.13. The fourth-order valence-electron chi connectivity index (χ4n) is 2.52. The van der Waals surface area contributed by atoms with Crippen LogP contribution in [0.1, 0.15) is 35.6 Å². The van der Waals surface area contributed by atoms with Crippen LogP contribution in [0.3, 0.4) is 0 Å². The third-order valence-corrected chi connectivity index (χ3v) is 6.21. The normalized spacial score (nSPS) is 10.4. The summed E-state index contributed by atoms with van der Waals surface area (Å²) in [6.07, 6.45) is 2.14. The van der Waals surface area contributed by atoms with Crippen molar-refractivity contribution in [2.75, 3.05) is 5.32 Å². The van der Waals surface area contributed by atoms with E-state index in [9.17, 15) is 4.79 Å². The molecule has 0 aliphatic carbocycles. The fraction of sp³-hybridized carbons (Fsp3) is 0.238. The molecule has 1 amide bonds. The topological polar surface area (TPSA) is 78.7 Å². The first-order valence-electron chi connectivity index (χ1n) is 8.99. The van der Waals surface area contributed by atoms with E-state index in [1.54, 1.807) is 23.9 Å². The largest absolute Gasteiger partial charge is 0.300 e. The van der Waals surface area contributed by atoms with Gasteiger partial charge in [0, 0.05) is 12.2 Å². The number of hydrogen-bond acceptors (Lipinski definition) is 6. The molecule has 5 nitrogen and oxygen atoms in total. The summed E-state index contributed by atoms with van der Waals surface area (Å²) < 4.78 is 0.801. The molecule has 0 atom stereocenters. The van der Waals surface area contributed by atoms with E-state index in [2.05, 4.69) is 52.8 Å². The summed E-state index contributed by atoms with van der Waals surface area (Å²) in [6, 6.07) is 17.9. The van der Waals surface area contributed by atoms with Crippen LogP contribution in [0.15, 0.2) is 52.9 Å². The number of hydrogen-bond donors (Lipinski definition) is 1. The van der Waals surface area contributed by atoms with Gasteiger partial charge in [0.25, 0.3) is 0 Å². The van der Waals surface area contributed by atoms with Gasteiger partial charge in [-0.1, -0.05) is 66.4 Å². The van der Waals surface area contributed by atoms with E-state index in [-0.39, 0.29) is 5.91 Å². The average Bonchev–Trinajstić information content (AvgIpc) is 3.18. The monoisotopic (exact) mass is 408 g/mol. The van der Waals surface area contributed by atoms with E-state index < -0.39 is 0 Å². The molecule has 28 heavy (non-hydrogen) atoms. The number of aryl methyl sites for hydroxylation is 2. The van der Waals surface area contributed by atoms with Crippen molar-refractivity contribution in [3.63, 3.8) is 0 Å². The number of nitriles is 1. The average molecular weight is 409 g/mol.